The Morgan fingerprint density at radius 3 is 2.19 bits per heavy atom. The molecule has 0 radical (unpaired) electrons. The number of hydrogen-bond acceptors (Lipinski definition) is 8. The Hall–Kier alpha value is -3.30. The Morgan fingerprint density at radius 2 is 1.53 bits per heavy atom. The van der Waals surface area contributed by atoms with Gasteiger partial charge in [-0.05, 0) is 35.0 Å². The van der Waals surface area contributed by atoms with Crippen LogP contribution in [-0.4, -0.2) is 58.8 Å². The number of hydrogen-bond donors (Lipinski definition) is 0. The van der Waals surface area contributed by atoms with Crippen molar-refractivity contribution in [2.45, 2.75) is 0 Å². The van der Waals surface area contributed by atoms with Gasteiger partial charge in [-0.15, -0.1) is 27.8 Å². The molecule has 9 heteroatoms. The van der Waals surface area contributed by atoms with Gasteiger partial charge in [0.05, 0.1) is 9.75 Å². The lowest BCUT2D eigenvalue weighted by Crippen LogP contribution is -2.50. The fourth-order valence-electron chi connectivity index (χ4n) is 3.61. The summed E-state index contributed by atoms with van der Waals surface area (Å²) in [5.41, 5.74) is 2.62. The average molecular weight is 464 g/mol. The smallest absolute Gasteiger partial charge is 0.336 e. The first-order valence-corrected chi connectivity index (χ1v) is 12.1. The number of piperazine rings is 1. The first-order valence-electron chi connectivity index (χ1n) is 10.3. The molecule has 0 spiro atoms. The van der Waals surface area contributed by atoms with Gasteiger partial charge in [-0.2, -0.15) is 4.98 Å². The largest absolute Gasteiger partial charge is 0.452 e. The minimum atomic E-state index is -0.102. The van der Waals surface area contributed by atoms with Gasteiger partial charge < -0.3 is 14.5 Å². The highest BCUT2D eigenvalue weighted by molar-refractivity contribution is 7.14. The number of aromatic nitrogens is 3. The number of para-hydroxylation sites is 1. The standard InChI is InChI=1S/C23H21N5O2S2/c29-20(28-12-10-27(11-13-28)17-6-2-1-3-7-17)16-30-23-24-21(18-8-4-14-31-18)22(25-26-23)19-9-5-15-32-19/h1-9,14-15H,10-13,16H2. The maximum atomic E-state index is 12.7. The molecule has 1 aliphatic rings. The van der Waals surface area contributed by atoms with E-state index >= 15 is 0 Å². The highest BCUT2D eigenvalue weighted by Gasteiger charge is 2.22. The minimum Gasteiger partial charge on any atom is -0.452 e. The summed E-state index contributed by atoms with van der Waals surface area (Å²) in [6.45, 7) is 2.81. The van der Waals surface area contributed by atoms with E-state index in [-0.39, 0.29) is 18.5 Å². The molecule has 1 saturated heterocycles. The zero-order valence-electron chi connectivity index (χ0n) is 17.3. The van der Waals surface area contributed by atoms with Crippen LogP contribution >= 0.6 is 22.7 Å². The zero-order chi connectivity index (χ0) is 21.8. The van der Waals surface area contributed by atoms with Crippen molar-refractivity contribution in [1.29, 1.82) is 0 Å². The van der Waals surface area contributed by atoms with Crippen molar-refractivity contribution in [3.63, 3.8) is 0 Å². The van der Waals surface area contributed by atoms with E-state index in [1.54, 1.807) is 22.7 Å². The summed E-state index contributed by atoms with van der Waals surface area (Å²) >= 11 is 3.17. The van der Waals surface area contributed by atoms with E-state index in [2.05, 4.69) is 32.2 Å². The lowest BCUT2D eigenvalue weighted by Gasteiger charge is -2.36. The van der Waals surface area contributed by atoms with Gasteiger partial charge in [0.1, 0.15) is 11.4 Å². The molecule has 4 heterocycles. The van der Waals surface area contributed by atoms with Gasteiger partial charge in [-0.1, -0.05) is 35.4 Å². The molecular weight excluding hydrogens is 442 g/mol. The third-order valence-electron chi connectivity index (χ3n) is 5.25. The molecule has 4 aromatic rings. The van der Waals surface area contributed by atoms with Crippen LogP contribution in [0.1, 0.15) is 0 Å². The van der Waals surface area contributed by atoms with E-state index in [0.29, 0.717) is 13.1 Å². The highest BCUT2D eigenvalue weighted by atomic mass is 32.1. The first kappa shape index (κ1) is 20.6. The summed E-state index contributed by atoms with van der Waals surface area (Å²) in [4.78, 5) is 23.4. The van der Waals surface area contributed by atoms with Crippen LogP contribution in [0.3, 0.4) is 0 Å². The average Bonchev–Trinajstić information content (AvgIpc) is 3.58. The van der Waals surface area contributed by atoms with E-state index in [0.717, 1.165) is 34.2 Å². The van der Waals surface area contributed by atoms with E-state index < -0.39 is 0 Å². The fourth-order valence-corrected chi connectivity index (χ4v) is 5.03. The van der Waals surface area contributed by atoms with Gasteiger partial charge in [0.2, 0.25) is 0 Å². The van der Waals surface area contributed by atoms with Crippen LogP contribution in [0.5, 0.6) is 6.01 Å². The molecule has 0 unspecified atom stereocenters. The maximum absolute atomic E-state index is 12.7. The molecule has 0 bridgehead atoms. The molecule has 5 rings (SSSR count). The van der Waals surface area contributed by atoms with Crippen LogP contribution in [0, 0.1) is 0 Å². The van der Waals surface area contributed by atoms with Gasteiger partial charge in [0.15, 0.2) is 6.61 Å². The van der Waals surface area contributed by atoms with Crippen molar-refractivity contribution in [2.75, 3.05) is 37.7 Å². The number of anilines is 1. The van der Waals surface area contributed by atoms with Crippen LogP contribution in [0.2, 0.25) is 0 Å². The Morgan fingerprint density at radius 1 is 0.844 bits per heavy atom. The van der Waals surface area contributed by atoms with E-state index in [1.807, 2.05) is 58.1 Å². The number of carbonyl (C=O) groups excluding carboxylic acids is 1. The SMILES string of the molecule is O=C(COc1nnc(-c2cccs2)c(-c2cccs2)n1)N1CCN(c2ccccc2)CC1. The molecule has 0 saturated carbocycles. The summed E-state index contributed by atoms with van der Waals surface area (Å²) in [5, 5.41) is 12.5. The van der Waals surface area contributed by atoms with Crippen LogP contribution in [0.25, 0.3) is 21.1 Å². The number of ether oxygens (including phenoxy) is 1. The molecule has 32 heavy (non-hydrogen) atoms. The monoisotopic (exact) mass is 463 g/mol. The third kappa shape index (κ3) is 4.49. The summed E-state index contributed by atoms with van der Waals surface area (Å²) in [6, 6.07) is 18.3. The number of benzene rings is 1. The molecule has 7 nitrogen and oxygen atoms in total. The topological polar surface area (TPSA) is 71.4 Å². The van der Waals surface area contributed by atoms with Crippen LogP contribution in [-0.2, 0) is 4.79 Å². The lowest BCUT2D eigenvalue weighted by molar-refractivity contribution is -0.133. The van der Waals surface area contributed by atoms with Crippen molar-refractivity contribution in [1.82, 2.24) is 20.1 Å². The second kappa shape index (κ2) is 9.46. The zero-order valence-corrected chi connectivity index (χ0v) is 18.9. The number of thiophene rings is 2. The number of carbonyl (C=O) groups is 1. The summed E-state index contributed by atoms with van der Waals surface area (Å²) in [5.74, 6) is -0.0682. The second-order valence-corrected chi connectivity index (χ2v) is 9.13. The van der Waals surface area contributed by atoms with Crippen LogP contribution < -0.4 is 9.64 Å². The molecule has 0 N–H and O–H groups in total. The van der Waals surface area contributed by atoms with Crippen molar-refractivity contribution in [3.05, 3.63) is 65.4 Å². The molecule has 162 valence electrons. The molecule has 1 fully saturated rings. The lowest BCUT2D eigenvalue weighted by atomic mass is 10.2. The second-order valence-electron chi connectivity index (χ2n) is 7.24. The highest BCUT2D eigenvalue weighted by Crippen LogP contribution is 2.34. The normalized spacial score (nSPS) is 13.9. The summed E-state index contributed by atoms with van der Waals surface area (Å²) in [7, 11) is 0. The first-order chi connectivity index (χ1) is 15.8. The van der Waals surface area contributed by atoms with E-state index in [4.69, 9.17) is 4.74 Å². The minimum absolute atomic E-state index is 0.0682. The number of amides is 1. The predicted molar refractivity (Wildman–Crippen MR) is 127 cm³/mol. The van der Waals surface area contributed by atoms with E-state index in [9.17, 15) is 4.79 Å². The van der Waals surface area contributed by atoms with Gasteiger partial charge >= 0.3 is 6.01 Å². The van der Waals surface area contributed by atoms with Gasteiger partial charge in [0.25, 0.3) is 5.91 Å². The molecular formula is C23H21N5O2S2. The Kier molecular flexibility index (Phi) is 6.09. The Bertz CT molecular complexity index is 1160. The summed E-state index contributed by atoms with van der Waals surface area (Å²) in [6.07, 6.45) is 0. The maximum Gasteiger partial charge on any atom is 0.336 e. The van der Waals surface area contributed by atoms with Crippen LogP contribution in [0.15, 0.2) is 65.4 Å². The van der Waals surface area contributed by atoms with Gasteiger partial charge in [-0.3, -0.25) is 4.79 Å². The van der Waals surface area contributed by atoms with Crippen molar-refractivity contribution in [2.24, 2.45) is 0 Å². The Labute approximate surface area is 193 Å². The predicted octanol–water partition coefficient (Wildman–Crippen LogP) is 4.06. The van der Waals surface area contributed by atoms with Gasteiger partial charge in [-0.25, -0.2) is 0 Å². The van der Waals surface area contributed by atoms with Crippen molar-refractivity contribution in [3.8, 4) is 27.2 Å². The van der Waals surface area contributed by atoms with Crippen LogP contribution in [0.4, 0.5) is 5.69 Å². The molecule has 0 atom stereocenters. The van der Waals surface area contributed by atoms with Gasteiger partial charge in [0, 0.05) is 31.9 Å². The van der Waals surface area contributed by atoms with Crippen molar-refractivity contribution >= 4 is 34.3 Å². The fraction of sp³-hybridized carbons (Fsp3) is 0.217. The molecule has 1 amide bonds. The number of nitrogens with zero attached hydrogens (tertiary/aromatic N) is 5. The Balaban J connectivity index is 1.23. The molecule has 1 aromatic carbocycles. The number of rotatable bonds is 6. The third-order valence-corrected chi connectivity index (χ3v) is 7.01. The molecule has 0 aliphatic carbocycles. The quantitative estimate of drug-likeness (QED) is 0.430. The van der Waals surface area contributed by atoms with E-state index in [1.165, 1.54) is 5.69 Å². The summed E-state index contributed by atoms with van der Waals surface area (Å²) < 4.78 is 5.66. The molecule has 3 aromatic heterocycles. The molecule has 1 aliphatic heterocycles. The van der Waals surface area contributed by atoms with Crippen molar-refractivity contribution < 1.29 is 9.53 Å².